The van der Waals surface area contributed by atoms with Gasteiger partial charge in [0.15, 0.2) is 0 Å². The quantitative estimate of drug-likeness (QED) is 0.595. The normalized spacial score (nSPS) is 10.3. The van der Waals surface area contributed by atoms with Crippen molar-refractivity contribution in [1.82, 2.24) is 0 Å². The highest BCUT2D eigenvalue weighted by Gasteiger charge is 2.14. The minimum atomic E-state index is -0.797. The fourth-order valence-corrected chi connectivity index (χ4v) is 1.94. The van der Waals surface area contributed by atoms with Crippen LogP contribution in [0.3, 0.4) is 0 Å². The molecule has 0 unspecified atom stereocenters. The minimum Gasteiger partial charge on any atom is -0.423 e. The molecule has 0 saturated carbocycles. The van der Waals surface area contributed by atoms with Crippen LogP contribution in [0.1, 0.15) is 15.9 Å². The van der Waals surface area contributed by atoms with E-state index in [0.717, 1.165) is 0 Å². The lowest BCUT2D eigenvalue weighted by Crippen LogP contribution is -2.10. The fraction of sp³-hybridized carbons (Fsp3) is 0.0714. The number of carbonyl (C=O) groups is 1. The molecule has 0 aliphatic carbocycles. The lowest BCUT2D eigenvalue weighted by Gasteiger charge is -2.08. The van der Waals surface area contributed by atoms with Crippen LogP contribution in [-0.4, -0.2) is 5.97 Å². The largest absolute Gasteiger partial charge is 0.423 e. The Hall–Kier alpha value is -1.58. The molecule has 2 rings (SSSR count). The molecule has 2 nitrogen and oxygen atoms in total. The summed E-state index contributed by atoms with van der Waals surface area (Å²) in [7, 11) is 0. The van der Waals surface area contributed by atoms with Crippen molar-refractivity contribution in [2.45, 2.75) is 6.92 Å². The van der Waals surface area contributed by atoms with Gasteiger partial charge in [-0.05, 0) is 36.8 Å². The second-order valence-corrected chi connectivity index (χ2v) is 4.70. The van der Waals surface area contributed by atoms with Crippen LogP contribution in [0.15, 0.2) is 36.4 Å². The molecule has 0 atom stereocenters. The molecule has 0 aliphatic heterocycles. The third-order valence-corrected chi connectivity index (χ3v) is 3.34. The molecule has 0 fully saturated rings. The number of hydrogen-bond acceptors (Lipinski definition) is 2. The van der Waals surface area contributed by atoms with Gasteiger partial charge < -0.3 is 4.74 Å². The van der Waals surface area contributed by atoms with E-state index in [-0.39, 0.29) is 11.3 Å². The third-order valence-electron chi connectivity index (χ3n) is 2.56. The molecule has 2 aromatic rings. The average molecular weight is 299 g/mol. The fourth-order valence-electron chi connectivity index (χ4n) is 1.47. The molecule has 0 aromatic heterocycles. The van der Waals surface area contributed by atoms with Crippen molar-refractivity contribution >= 4 is 29.2 Å². The monoisotopic (exact) mass is 298 g/mol. The number of carbonyl (C=O) groups excluding carboxylic acids is 1. The van der Waals surface area contributed by atoms with Crippen molar-refractivity contribution in [3.8, 4) is 5.75 Å². The summed E-state index contributed by atoms with van der Waals surface area (Å²) in [6.45, 7) is 1.74. The molecule has 0 radical (unpaired) electrons. The van der Waals surface area contributed by atoms with Crippen LogP contribution in [0.5, 0.6) is 5.75 Å². The van der Waals surface area contributed by atoms with E-state index >= 15 is 0 Å². The maximum atomic E-state index is 13.4. The van der Waals surface area contributed by atoms with Crippen LogP contribution in [0, 0.1) is 12.7 Å². The van der Waals surface area contributed by atoms with Gasteiger partial charge in [-0.25, -0.2) is 9.18 Å². The van der Waals surface area contributed by atoms with Crippen molar-refractivity contribution in [2.24, 2.45) is 0 Å². The van der Waals surface area contributed by atoms with Gasteiger partial charge in [-0.2, -0.15) is 0 Å². The molecule has 98 valence electrons. The van der Waals surface area contributed by atoms with Gasteiger partial charge >= 0.3 is 5.97 Å². The highest BCUT2D eigenvalue weighted by molar-refractivity contribution is 6.36. The Morgan fingerprint density at radius 1 is 1.16 bits per heavy atom. The van der Waals surface area contributed by atoms with Gasteiger partial charge in [0, 0.05) is 10.0 Å². The summed E-state index contributed by atoms with van der Waals surface area (Å²) in [6, 6.07) is 8.49. The Labute approximate surface area is 119 Å². The lowest BCUT2D eigenvalue weighted by atomic mass is 10.2. The molecule has 0 aliphatic rings. The van der Waals surface area contributed by atoms with Gasteiger partial charge in [0.1, 0.15) is 11.6 Å². The van der Waals surface area contributed by atoms with Gasteiger partial charge in [0.2, 0.25) is 0 Å². The van der Waals surface area contributed by atoms with E-state index in [0.29, 0.717) is 15.6 Å². The van der Waals surface area contributed by atoms with Gasteiger partial charge in [-0.3, -0.25) is 0 Å². The predicted molar refractivity (Wildman–Crippen MR) is 72.6 cm³/mol. The zero-order chi connectivity index (χ0) is 14.0. The smallest absolute Gasteiger partial charge is 0.346 e. The molecular formula is C14H9Cl2FO2. The van der Waals surface area contributed by atoms with Crippen LogP contribution < -0.4 is 4.74 Å². The summed E-state index contributed by atoms with van der Waals surface area (Å²) < 4.78 is 18.5. The number of ether oxygens (including phenoxy) is 1. The standard InChI is InChI=1S/C14H9Cl2FO2/c1-8-11(15)6-9(7-12(8)16)19-14(18)10-4-2-3-5-13(10)17/h2-7H,1H3. The van der Waals surface area contributed by atoms with Crippen LogP contribution in [0.25, 0.3) is 0 Å². The zero-order valence-corrected chi connectivity index (χ0v) is 11.4. The third kappa shape index (κ3) is 3.06. The first-order chi connectivity index (χ1) is 8.99. The van der Waals surface area contributed by atoms with Crippen LogP contribution in [-0.2, 0) is 0 Å². The number of esters is 1. The van der Waals surface area contributed by atoms with Crippen molar-refractivity contribution in [1.29, 1.82) is 0 Å². The van der Waals surface area contributed by atoms with Gasteiger partial charge in [0.25, 0.3) is 0 Å². The van der Waals surface area contributed by atoms with Crippen molar-refractivity contribution in [2.75, 3.05) is 0 Å². The number of hydrogen-bond donors (Lipinski definition) is 0. The van der Waals surface area contributed by atoms with E-state index in [1.54, 1.807) is 13.0 Å². The van der Waals surface area contributed by atoms with Crippen molar-refractivity contribution in [3.05, 3.63) is 63.4 Å². The van der Waals surface area contributed by atoms with Crippen molar-refractivity contribution in [3.63, 3.8) is 0 Å². The number of rotatable bonds is 2. The average Bonchev–Trinajstić information content (AvgIpc) is 2.36. The Kier molecular flexibility index (Phi) is 4.08. The van der Waals surface area contributed by atoms with Gasteiger partial charge in [-0.15, -0.1) is 0 Å². The first-order valence-corrected chi connectivity index (χ1v) is 6.17. The van der Waals surface area contributed by atoms with E-state index in [1.807, 2.05) is 0 Å². The Morgan fingerprint density at radius 2 is 1.74 bits per heavy atom. The highest BCUT2D eigenvalue weighted by atomic mass is 35.5. The molecule has 0 heterocycles. The topological polar surface area (TPSA) is 26.3 Å². The van der Waals surface area contributed by atoms with E-state index in [1.165, 1.54) is 30.3 Å². The Morgan fingerprint density at radius 3 is 2.32 bits per heavy atom. The summed E-state index contributed by atoms with van der Waals surface area (Å²) in [5, 5.41) is 0.757. The molecule has 0 N–H and O–H groups in total. The summed E-state index contributed by atoms with van der Waals surface area (Å²) in [6.07, 6.45) is 0. The second-order valence-electron chi connectivity index (χ2n) is 3.88. The summed E-state index contributed by atoms with van der Waals surface area (Å²) in [5.74, 6) is -1.26. The summed E-state index contributed by atoms with van der Waals surface area (Å²) in [5.41, 5.74) is 0.546. The van der Waals surface area contributed by atoms with Gasteiger partial charge in [0.05, 0.1) is 5.56 Å². The lowest BCUT2D eigenvalue weighted by molar-refractivity contribution is 0.0730. The molecule has 0 saturated heterocycles. The first kappa shape index (κ1) is 13.8. The Balaban J connectivity index is 2.27. The maximum absolute atomic E-state index is 13.4. The molecular weight excluding hydrogens is 290 g/mol. The van der Waals surface area contributed by atoms with Crippen LogP contribution in [0.4, 0.5) is 4.39 Å². The predicted octanol–water partition coefficient (Wildman–Crippen LogP) is 4.66. The summed E-state index contributed by atoms with van der Waals surface area (Å²) >= 11 is 11.9. The zero-order valence-electron chi connectivity index (χ0n) is 9.91. The first-order valence-electron chi connectivity index (χ1n) is 5.41. The SMILES string of the molecule is Cc1c(Cl)cc(OC(=O)c2ccccc2F)cc1Cl. The maximum Gasteiger partial charge on any atom is 0.346 e. The second kappa shape index (κ2) is 5.59. The number of benzene rings is 2. The Bertz CT molecular complexity index is 618. The van der Waals surface area contributed by atoms with E-state index in [4.69, 9.17) is 27.9 Å². The molecule has 0 amide bonds. The van der Waals surface area contributed by atoms with Crippen molar-refractivity contribution < 1.29 is 13.9 Å². The molecule has 2 aromatic carbocycles. The molecule has 0 bridgehead atoms. The van der Waals surface area contributed by atoms with E-state index < -0.39 is 11.8 Å². The summed E-state index contributed by atoms with van der Waals surface area (Å²) in [4.78, 5) is 11.8. The highest BCUT2D eigenvalue weighted by Crippen LogP contribution is 2.29. The molecule has 5 heteroatoms. The molecule has 0 spiro atoms. The number of halogens is 3. The van der Waals surface area contributed by atoms with Gasteiger partial charge in [-0.1, -0.05) is 35.3 Å². The van der Waals surface area contributed by atoms with Crippen LogP contribution in [0.2, 0.25) is 10.0 Å². The van der Waals surface area contributed by atoms with Crippen LogP contribution >= 0.6 is 23.2 Å². The van der Waals surface area contributed by atoms with E-state index in [2.05, 4.69) is 0 Å². The van der Waals surface area contributed by atoms with E-state index in [9.17, 15) is 9.18 Å². The molecule has 19 heavy (non-hydrogen) atoms. The minimum absolute atomic E-state index is 0.143.